The molecule has 0 saturated carbocycles. The first-order valence-electron chi connectivity index (χ1n) is 6.58. The molecule has 1 heteroatoms. The Morgan fingerprint density at radius 1 is 0.500 bits per heavy atom. The molecule has 1 aliphatic rings. The summed E-state index contributed by atoms with van der Waals surface area (Å²) in [5.74, 6) is 0. The van der Waals surface area contributed by atoms with E-state index in [-0.39, 0.29) is 0 Å². The molecule has 14 heavy (non-hydrogen) atoms. The van der Waals surface area contributed by atoms with E-state index in [1.54, 1.807) is 0 Å². The minimum absolute atomic E-state index is 1.32. The van der Waals surface area contributed by atoms with Crippen LogP contribution in [0.4, 0.5) is 0 Å². The molecule has 1 aliphatic heterocycles. The summed E-state index contributed by atoms with van der Waals surface area (Å²) in [4.78, 5) is 2.51. The summed E-state index contributed by atoms with van der Waals surface area (Å²) >= 11 is 0. The lowest BCUT2D eigenvalue weighted by Gasteiger charge is -2.15. The second-order valence-corrected chi connectivity index (χ2v) is 4.84. The van der Waals surface area contributed by atoms with E-state index in [1.165, 1.54) is 77.3 Å². The number of hydrogen-bond acceptors (Lipinski definition) is 1. The second kappa shape index (κ2) is 8.28. The molecular formula is C13H27N. The van der Waals surface area contributed by atoms with Crippen LogP contribution in [0.2, 0.25) is 0 Å². The Bertz CT molecular complexity index is 108. The van der Waals surface area contributed by atoms with Crippen molar-refractivity contribution in [3.8, 4) is 0 Å². The standard InChI is InChI=1S/C13H27N/c1-14-12-10-8-6-4-2-3-5-7-9-11-13-14/h2-13H2,1H3. The van der Waals surface area contributed by atoms with Crippen molar-refractivity contribution in [3.05, 3.63) is 0 Å². The van der Waals surface area contributed by atoms with Gasteiger partial charge in [-0.3, -0.25) is 0 Å². The molecule has 0 spiro atoms. The normalized spacial score (nSPS) is 24.6. The molecule has 84 valence electrons. The van der Waals surface area contributed by atoms with Gasteiger partial charge in [-0.05, 0) is 33.0 Å². The van der Waals surface area contributed by atoms with Crippen LogP contribution in [0.1, 0.15) is 64.2 Å². The highest BCUT2D eigenvalue weighted by Gasteiger charge is 2.00. The summed E-state index contributed by atoms with van der Waals surface area (Å²) in [6, 6.07) is 0. The Hall–Kier alpha value is -0.0400. The van der Waals surface area contributed by atoms with Crippen LogP contribution in [0.15, 0.2) is 0 Å². The minimum Gasteiger partial charge on any atom is -0.306 e. The maximum Gasteiger partial charge on any atom is -0.00218 e. The Balaban J connectivity index is 2.12. The van der Waals surface area contributed by atoms with Gasteiger partial charge < -0.3 is 4.90 Å². The third-order valence-corrected chi connectivity index (χ3v) is 3.33. The Labute approximate surface area is 89.9 Å². The number of rotatable bonds is 0. The zero-order valence-corrected chi connectivity index (χ0v) is 9.93. The Morgan fingerprint density at radius 3 is 1.14 bits per heavy atom. The smallest absolute Gasteiger partial charge is 0.00218 e. The predicted molar refractivity (Wildman–Crippen MR) is 63.7 cm³/mol. The van der Waals surface area contributed by atoms with Crippen LogP contribution in [0, 0.1) is 0 Å². The lowest BCUT2D eigenvalue weighted by molar-refractivity contribution is 0.316. The predicted octanol–water partition coefficient (Wildman–Crippen LogP) is 3.83. The van der Waals surface area contributed by atoms with Gasteiger partial charge in [-0.2, -0.15) is 0 Å². The largest absolute Gasteiger partial charge is 0.306 e. The maximum absolute atomic E-state index is 2.51. The molecule has 1 saturated heterocycles. The molecule has 0 unspecified atom stereocenters. The van der Waals surface area contributed by atoms with Gasteiger partial charge in [0.1, 0.15) is 0 Å². The summed E-state index contributed by atoms with van der Waals surface area (Å²) in [6.45, 7) is 2.64. The fraction of sp³-hybridized carbons (Fsp3) is 1.00. The van der Waals surface area contributed by atoms with Crippen LogP contribution in [-0.2, 0) is 0 Å². The first-order valence-corrected chi connectivity index (χ1v) is 6.58. The first-order chi connectivity index (χ1) is 6.89. The van der Waals surface area contributed by atoms with E-state index in [1.807, 2.05) is 0 Å². The first kappa shape index (κ1) is 12.0. The minimum atomic E-state index is 1.32. The SMILES string of the molecule is CN1CCCCCCCCCCCC1. The van der Waals surface area contributed by atoms with E-state index < -0.39 is 0 Å². The van der Waals surface area contributed by atoms with Gasteiger partial charge in [0.2, 0.25) is 0 Å². The van der Waals surface area contributed by atoms with Crippen molar-refractivity contribution in [3.63, 3.8) is 0 Å². The van der Waals surface area contributed by atoms with E-state index in [0.717, 1.165) is 0 Å². The fourth-order valence-corrected chi connectivity index (χ4v) is 2.29. The van der Waals surface area contributed by atoms with E-state index in [2.05, 4.69) is 11.9 Å². The Kier molecular flexibility index (Phi) is 7.12. The molecule has 0 bridgehead atoms. The summed E-state index contributed by atoms with van der Waals surface area (Å²) in [5.41, 5.74) is 0. The molecule has 1 rings (SSSR count). The zero-order valence-electron chi connectivity index (χ0n) is 9.93. The highest BCUT2D eigenvalue weighted by atomic mass is 15.1. The monoisotopic (exact) mass is 197 g/mol. The van der Waals surface area contributed by atoms with Crippen molar-refractivity contribution in [1.82, 2.24) is 4.90 Å². The molecule has 0 aromatic carbocycles. The molecule has 0 amide bonds. The van der Waals surface area contributed by atoms with Crippen LogP contribution in [-0.4, -0.2) is 25.0 Å². The van der Waals surface area contributed by atoms with Gasteiger partial charge in [0.05, 0.1) is 0 Å². The van der Waals surface area contributed by atoms with Gasteiger partial charge in [-0.1, -0.05) is 51.4 Å². The van der Waals surface area contributed by atoms with Crippen molar-refractivity contribution in [2.24, 2.45) is 0 Å². The summed E-state index contributed by atoms with van der Waals surface area (Å²) in [5, 5.41) is 0. The molecule has 1 fully saturated rings. The summed E-state index contributed by atoms with van der Waals surface area (Å²) in [6.07, 6.45) is 14.6. The fourth-order valence-electron chi connectivity index (χ4n) is 2.29. The van der Waals surface area contributed by atoms with E-state index in [0.29, 0.717) is 0 Å². The molecule has 1 heterocycles. The topological polar surface area (TPSA) is 3.24 Å². The van der Waals surface area contributed by atoms with Gasteiger partial charge in [0, 0.05) is 0 Å². The molecule has 0 aliphatic carbocycles. The van der Waals surface area contributed by atoms with Gasteiger partial charge >= 0.3 is 0 Å². The lowest BCUT2D eigenvalue weighted by atomic mass is 10.1. The average molecular weight is 197 g/mol. The lowest BCUT2D eigenvalue weighted by Crippen LogP contribution is -2.20. The molecule has 1 nitrogen and oxygen atoms in total. The third kappa shape index (κ3) is 6.42. The molecule has 0 aromatic rings. The number of hydrogen-bond donors (Lipinski definition) is 0. The van der Waals surface area contributed by atoms with Crippen molar-refractivity contribution >= 4 is 0 Å². The molecular weight excluding hydrogens is 170 g/mol. The third-order valence-electron chi connectivity index (χ3n) is 3.33. The maximum atomic E-state index is 2.51. The van der Waals surface area contributed by atoms with Gasteiger partial charge in [-0.25, -0.2) is 0 Å². The Morgan fingerprint density at radius 2 is 0.786 bits per heavy atom. The van der Waals surface area contributed by atoms with E-state index in [9.17, 15) is 0 Å². The van der Waals surface area contributed by atoms with Crippen LogP contribution in [0.25, 0.3) is 0 Å². The van der Waals surface area contributed by atoms with Crippen molar-refractivity contribution in [2.45, 2.75) is 64.2 Å². The van der Waals surface area contributed by atoms with Crippen LogP contribution in [0.5, 0.6) is 0 Å². The van der Waals surface area contributed by atoms with E-state index >= 15 is 0 Å². The van der Waals surface area contributed by atoms with E-state index in [4.69, 9.17) is 0 Å². The summed E-state index contributed by atoms with van der Waals surface area (Å²) in [7, 11) is 2.28. The quantitative estimate of drug-likeness (QED) is 0.570. The van der Waals surface area contributed by atoms with Gasteiger partial charge in [0.15, 0.2) is 0 Å². The van der Waals surface area contributed by atoms with Crippen LogP contribution in [0.3, 0.4) is 0 Å². The summed E-state index contributed by atoms with van der Waals surface area (Å²) < 4.78 is 0. The van der Waals surface area contributed by atoms with Crippen LogP contribution >= 0.6 is 0 Å². The molecule has 0 aromatic heterocycles. The van der Waals surface area contributed by atoms with Crippen molar-refractivity contribution in [1.29, 1.82) is 0 Å². The van der Waals surface area contributed by atoms with Gasteiger partial charge in [0.25, 0.3) is 0 Å². The van der Waals surface area contributed by atoms with Gasteiger partial charge in [-0.15, -0.1) is 0 Å². The highest BCUT2D eigenvalue weighted by molar-refractivity contribution is 4.55. The zero-order chi connectivity index (χ0) is 10.1. The molecule has 0 N–H and O–H groups in total. The highest BCUT2D eigenvalue weighted by Crippen LogP contribution is 2.12. The molecule has 0 atom stereocenters. The van der Waals surface area contributed by atoms with Crippen LogP contribution < -0.4 is 0 Å². The van der Waals surface area contributed by atoms with Crippen molar-refractivity contribution in [2.75, 3.05) is 20.1 Å². The van der Waals surface area contributed by atoms with Crippen molar-refractivity contribution < 1.29 is 0 Å². The average Bonchev–Trinajstić information content (AvgIpc) is 2.20. The number of nitrogens with zero attached hydrogens (tertiary/aromatic N) is 1. The molecule has 0 radical (unpaired) electrons. The second-order valence-electron chi connectivity index (χ2n) is 4.84.